The second kappa shape index (κ2) is 13.0. The number of nitrogen functional groups attached to an aromatic ring is 1. The van der Waals surface area contributed by atoms with E-state index < -0.39 is 32.5 Å². The second-order valence-corrected chi connectivity index (χ2v) is 11.1. The summed E-state index contributed by atoms with van der Waals surface area (Å²) in [5.74, 6) is 0.239. The first kappa shape index (κ1) is 28.5. The Labute approximate surface area is 230 Å². The predicted octanol–water partition coefficient (Wildman–Crippen LogP) is 4.35. The fourth-order valence-corrected chi connectivity index (χ4v) is 4.85. The minimum absolute atomic E-state index is 0.0454. The normalized spacial score (nSPS) is 12.8. The van der Waals surface area contributed by atoms with Crippen LogP contribution in [0.25, 0.3) is 11.2 Å². The van der Waals surface area contributed by atoms with Crippen LogP contribution >= 0.6 is 23.5 Å². The van der Waals surface area contributed by atoms with Crippen LogP contribution in [0.3, 0.4) is 0 Å². The Morgan fingerprint density at radius 1 is 1.18 bits per heavy atom. The zero-order chi connectivity index (χ0) is 27.8. The number of hydrogen-bond donors (Lipinski definition) is 2. The van der Waals surface area contributed by atoms with Crippen LogP contribution < -0.4 is 16.0 Å². The van der Waals surface area contributed by atoms with E-state index >= 15 is 0 Å². The molecule has 4 rings (SSSR count). The number of nitrogens with one attached hydrogen (secondary N) is 1. The highest BCUT2D eigenvalue weighted by atomic mass is 79.9. The molecule has 1 unspecified atom stereocenters. The number of nitrogens with two attached hydrogens (primary N) is 1. The summed E-state index contributed by atoms with van der Waals surface area (Å²) in [7, 11) is -3.90. The maximum Gasteiger partial charge on any atom is 0.515 e. The van der Waals surface area contributed by atoms with Crippen molar-refractivity contribution >= 4 is 46.8 Å². The number of carbonyl (C=O) groups excluding carboxylic acids is 1. The summed E-state index contributed by atoms with van der Waals surface area (Å²) in [5.41, 5.74) is 7.29. The number of nitrogens with zero attached hydrogens (tertiary/aromatic N) is 3. The van der Waals surface area contributed by atoms with Gasteiger partial charge in [-0.15, -0.1) is 0 Å². The van der Waals surface area contributed by atoms with Crippen LogP contribution in [0.4, 0.5) is 10.7 Å². The third-order valence-electron chi connectivity index (χ3n) is 5.18. The lowest BCUT2D eigenvalue weighted by molar-refractivity contribution is 0.0154. The van der Waals surface area contributed by atoms with Crippen molar-refractivity contribution in [2.75, 3.05) is 25.5 Å². The first-order chi connectivity index (χ1) is 18.7. The van der Waals surface area contributed by atoms with Gasteiger partial charge in [0.1, 0.15) is 12.1 Å². The van der Waals surface area contributed by atoms with Crippen molar-refractivity contribution < 1.29 is 32.6 Å². The van der Waals surface area contributed by atoms with Crippen LogP contribution in [0.15, 0.2) is 64.1 Å². The number of aryl methyl sites for hydroxylation is 1. The van der Waals surface area contributed by atoms with Gasteiger partial charge < -0.3 is 29.0 Å². The average Bonchev–Trinajstić information content (AvgIpc) is 3.30. The zero-order valence-corrected chi connectivity index (χ0v) is 23.2. The summed E-state index contributed by atoms with van der Waals surface area (Å²) in [6, 6.07) is 14.0. The number of aromatic amines is 1. The van der Waals surface area contributed by atoms with Crippen LogP contribution in [0.5, 0.6) is 5.75 Å². The van der Waals surface area contributed by atoms with Gasteiger partial charge in [0.25, 0.3) is 5.56 Å². The maximum absolute atomic E-state index is 13.4. The number of carbonyl (C=O) groups is 1. The summed E-state index contributed by atoms with van der Waals surface area (Å²) in [4.78, 5) is 34.4. The van der Waals surface area contributed by atoms with E-state index in [0.717, 1.165) is 15.6 Å². The van der Waals surface area contributed by atoms with Crippen LogP contribution in [0.2, 0.25) is 0 Å². The summed E-state index contributed by atoms with van der Waals surface area (Å²) in [6.07, 6.45) is -0.0597. The quantitative estimate of drug-likeness (QED) is 0.0757. The molecular weight excluding hydrogens is 597 g/mol. The number of H-pyrrole nitrogens is 1. The van der Waals surface area contributed by atoms with E-state index in [0.29, 0.717) is 0 Å². The van der Waals surface area contributed by atoms with Gasteiger partial charge in [-0.1, -0.05) is 45.8 Å². The molecule has 15 heteroatoms. The minimum atomic E-state index is -3.90. The summed E-state index contributed by atoms with van der Waals surface area (Å²) >= 11 is 3.37. The summed E-state index contributed by atoms with van der Waals surface area (Å²) in [6.45, 7) is 1.42. The molecule has 3 N–H and O–H groups in total. The van der Waals surface area contributed by atoms with Crippen molar-refractivity contribution in [2.24, 2.45) is 0 Å². The molecule has 2 aromatic heterocycles. The van der Waals surface area contributed by atoms with Crippen LogP contribution in [-0.2, 0) is 36.2 Å². The molecule has 0 aliphatic carbocycles. The molecule has 0 aliphatic heterocycles. The Bertz CT molecular complexity index is 1540. The Kier molecular flexibility index (Phi) is 9.49. The highest BCUT2D eigenvalue weighted by Gasteiger charge is 2.27. The number of aromatic nitrogens is 4. The molecule has 0 amide bonds. The van der Waals surface area contributed by atoms with Gasteiger partial charge in [0, 0.05) is 11.0 Å². The molecule has 0 bridgehead atoms. The van der Waals surface area contributed by atoms with Gasteiger partial charge in [0.15, 0.2) is 11.2 Å². The molecule has 0 fully saturated rings. The first-order valence-corrected chi connectivity index (χ1v) is 14.0. The Morgan fingerprint density at radius 3 is 2.74 bits per heavy atom. The number of halogens is 1. The van der Waals surface area contributed by atoms with Crippen molar-refractivity contribution in [3.8, 4) is 5.75 Å². The molecule has 0 aliphatic rings. The standard InChI is InChI=1S/C24H25BrN5O8P/c1-16-5-7-19(8-6-16)38-24(32)35-14-37-39(33,36-12-17-3-2-4-18(25)11-17)15-34-10-9-30-13-27-20-21(30)28-23(26)29-22(20)31/h2-8,11,13H,9-10,12,14-15H2,1H3,(H3,26,28,29,31). The fraction of sp³-hybridized carbons (Fsp3) is 0.250. The van der Waals surface area contributed by atoms with Gasteiger partial charge in [0.2, 0.25) is 12.7 Å². The minimum Gasteiger partial charge on any atom is -0.406 e. The van der Waals surface area contributed by atoms with Gasteiger partial charge in [-0.2, -0.15) is 4.98 Å². The fourth-order valence-electron chi connectivity index (χ4n) is 3.27. The molecule has 0 saturated carbocycles. The molecule has 4 aromatic rings. The van der Waals surface area contributed by atoms with Gasteiger partial charge >= 0.3 is 13.8 Å². The molecule has 13 nitrogen and oxygen atoms in total. The van der Waals surface area contributed by atoms with E-state index in [4.69, 9.17) is 29.0 Å². The van der Waals surface area contributed by atoms with E-state index in [1.54, 1.807) is 47.0 Å². The maximum atomic E-state index is 13.4. The molecule has 0 radical (unpaired) electrons. The molecule has 0 spiro atoms. The van der Waals surface area contributed by atoms with Gasteiger partial charge in [-0.05, 0) is 36.8 Å². The number of fused-ring (bicyclic) bond motifs is 1. The third-order valence-corrected chi connectivity index (χ3v) is 7.20. The predicted molar refractivity (Wildman–Crippen MR) is 144 cm³/mol. The molecule has 1 atom stereocenters. The number of benzene rings is 2. The molecule has 2 heterocycles. The summed E-state index contributed by atoms with van der Waals surface area (Å²) in [5, 5.41) is 0. The SMILES string of the molecule is Cc1ccc(OC(=O)OCOP(=O)(COCCn2cnc3c(=O)[nH]c(N)nc32)OCc2cccc(Br)c2)cc1. The van der Waals surface area contributed by atoms with Crippen molar-refractivity contribution in [1.82, 2.24) is 19.5 Å². The lowest BCUT2D eigenvalue weighted by Crippen LogP contribution is -2.15. The number of ether oxygens (including phenoxy) is 3. The van der Waals surface area contributed by atoms with E-state index in [-0.39, 0.29) is 42.6 Å². The Balaban J connectivity index is 1.34. The average molecular weight is 622 g/mol. The van der Waals surface area contributed by atoms with Gasteiger partial charge in [-0.3, -0.25) is 18.9 Å². The highest BCUT2D eigenvalue weighted by Crippen LogP contribution is 2.49. The molecule has 0 saturated heterocycles. The van der Waals surface area contributed by atoms with Crippen LogP contribution in [0, 0.1) is 6.92 Å². The van der Waals surface area contributed by atoms with Crippen LogP contribution in [0.1, 0.15) is 11.1 Å². The molecule has 39 heavy (non-hydrogen) atoms. The monoisotopic (exact) mass is 621 g/mol. The molecule has 206 valence electrons. The van der Waals surface area contributed by atoms with Crippen molar-refractivity contribution in [1.29, 1.82) is 0 Å². The second-order valence-electron chi connectivity index (χ2n) is 8.17. The Morgan fingerprint density at radius 2 is 1.97 bits per heavy atom. The van der Waals surface area contributed by atoms with E-state index in [1.165, 1.54) is 6.33 Å². The van der Waals surface area contributed by atoms with Crippen molar-refractivity contribution in [3.63, 3.8) is 0 Å². The smallest absolute Gasteiger partial charge is 0.406 e. The summed E-state index contributed by atoms with van der Waals surface area (Å²) < 4.78 is 42.3. The van der Waals surface area contributed by atoms with E-state index in [2.05, 4.69) is 30.9 Å². The largest absolute Gasteiger partial charge is 0.515 e. The van der Waals surface area contributed by atoms with Crippen LogP contribution in [-0.4, -0.2) is 45.4 Å². The topological polar surface area (TPSA) is 170 Å². The highest BCUT2D eigenvalue weighted by molar-refractivity contribution is 9.10. The van der Waals surface area contributed by atoms with E-state index in [1.807, 2.05) is 13.0 Å². The van der Waals surface area contributed by atoms with Crippen molar-refractivity contribution in [2.45, 2.75) is 20.1 Å². The number of imidazole rings is 1. The van der Waals surface area contributed by atoms with Crippen molar-refractivity contribution in [3.05, 3.63) is 80.8 Å². The molecular formula is C24H25BrN5O8P. The third kappa shape index (κ3) is 8.22. The van der Waals surface area contributed by atoms with Gasteiger partial charge in [-0.25, -0.2) is 9.78 Å². The number of hydrogen-bond acceptors (Lipinski definition) is 11. The number of rotatable bonds is 12. The Hall–Kier alpha value is -3.55. The first-order valence-electron chi connectivity index (χ1n) is 11.5. The van der Waals surface area contributed by atoms with Gasteiger partial charge in [0.05, 0.1) is 19.5 Å². The number of anilines is 1. The lowest BCUT2D eigenvalue weighted by atomic mass is 10.2. The lowest BCUT2D eigenvalue weighted by Gasteiger charge is -2.19. The van der Waals surface area contributed by atoms with E-state index in [9.17, 15) is 14.2 Å². The molecule has 2 aromatic carbocycles. The zero-order valence-electron chi connectivity index (χ0n) is 20.7.